The molecule has 40 heavy (non-hydrogen) atoms. The maximum Gasteiger partial charge on any atom is 0.337 e. The van der Waals surface area contributed by atoms with Crippen LogP contribution >= 0.6 is 11.6 Å². The fraction of sp³-hybridized carbons (Fsp3) is 0.576. The fourth-order valence-corrected chi connectivity index (χ4v) is 7.30. The molecule has 1 fully saturated rings. The number of benzene rings is 2. The highest BCUT2D eigenvalue weighted by molar-refractivity contribution is 6.32. The summed E-state index contributed by atoms with van der Waals surface area (Å²) in [5.41, 5.74) is 7.74. The molecule has 2 heterocycles. The Kier molecular flexibility index (Phi) is 7.97. The lowest BCUT2D eigenvalue weighted by Gasteiger charge is -2.40. The molecule has 0 spiro atoms. The van der Waals surface area contributed by atoms with Crippen LogP contribution in [0.2, 0.25) is 5.02 Å². The third kappa shape index (κ3) is 5.25. The van der Waals surface area contributed by atoms with Crippen molar-refractivity contribution in [1.29, 1.82) is 0 Å². The third-order valence-corrected chi connectivity index (χ3v) is 9.25. The van der Waals surface area contributed by atoms with Gasteiger partial charge in [-0.25, -0.2) is 4.79 Å². The molecule has 2 aliphatic heterocycles. The number of halogens is 1. The zero-order valence-electron chi connectivity index (χ0n) is 24.7. The van der Waals surface area contributed by atoms with E-state index in [0.29, 0.717) is 23.7 Å². The molecule has 1 aliphatic carbocycles. The predicted octanol–water partition coefficient (Wildman–Crippen LogP) is 7.42. The van der Waals surface area contributed by atoms with Crippen LogP contribution in [0.25, 0.3) is 11.1 Å². The topological polar surface area (TPSA) is 76.1 Å². The van der Waals surface area contributed by atoms with E-state index < -0.39 is 17.7 Å². The Morgan fingerprint density at radius 1 is 1.05 bits per heavy atom. The molecule has 6 nitrogen and oxygen atoms in total. The molecule has 216 valence electrons. The van der Waals surface area contributed by atoms with Crippen molar-refractivity contribution in [3.63, 3.8) is 0 Å². The second-order valence-electron chi connectivity index (χ2n) is 12.7. The molecule has 1 amide bonds. The summed E-state index contributed by atoms with van der Waals surface area (Å²) < 4.78 is 12.2. The third-order valence-electron chi connectivity index (χ3n) is 8.97. The van der Waals surface area contributed by atoms with Gasteiger partial charge in [-0.3, -0.25) is 4.79 Å². The molecule has 7 heteroatoms. The number of carboxylic acids is 1. The number of fused-ring (bicyclic) bond motifs is 2. The molecule has 1 saturated carbocycles. The maximum atomic E-state index is 13.5. The van der Waals surface area contributed by atoms with Crippen LogP contribution in [-0.2, 0) is 33.7 Å². The lowest BCUT2D eigenvalue weighted by Crippen LogP contribution is -2.45. The van der Waals surface area contributed by atoms with Crippen LogP contribution in [0, 0.1) is 20.8 Å². The second kappa shape index (κ2) is 11.0. The Morgan fingerprint density at radius 2 is 1.75 bits per heavy atom. The summed E-state index contributed by atoms with van der Waals surface area (Å²) >= 11 is 6.82. The zero-order valence-corrected chi connectivity index (χ0v) is 25.5. The fourth-order valence-electron chi connectivity index (χ4n) is 7.02. The molecule has 0 radical (unpaired) electrons. The standard InChI is InChI=1S/C33H42ClNO5/c1-18-22-13-10-14-39-30(22)26(34)15-24(18)28-20(3)25-17-35(21-11-8-7-9-12-21)27(36)16-23(25)19(2)29(28)31(32(37)38)40-33(4,5)6/h15,21,31H,7-14,16-17H2,1-6H3,(H,37,38). The first-order valence-corrected chi connectivity index (χ1v) is 15.1. The van der Waals surface area contributed by atoms with E-state index in [1.54, 1.807) is 0 Å². The summed E-state index contributed by atoms with van der Waals surface area (Å²) in [4.78, 5) is 28.5. The van der Waals surface area contributed by atoms with Gasteiger partial charge in [-0.05, 0) is 118 Å². The van der Waals surface area contributed by atoms with Gasteiger partial charge in [-0.15, -0.1) is 0 Å². The van der Waals surface area contributed by atoms with E-state index in [9.17, 15) is 14.7 Å². The molecule has 1 atom stereocenters. The van der Waals surface area contributed by atoms with Gasteiger partial charge in [0.05, 0.1) is 23.7 Å². The Hall–Kier alpha value is -2.57. The number of rotatable bonds is 5. The normalized spacial score (nSPS) is 18.7. The van der Waals surface area contributed by atoms with Crippen molar-refractivity contribution in [2.75, 3.05) is 6.61 Å². The molecule has 1 unspecified atom stereocenters. The summed E-state index contributed by atoms with van der Waals surface area (Å²) in [5, 5.41) is 11.1. The molecule has 5 rings (SSSR count). The Morgan fingerprint density at radius 3 is 2.40 bits per heavy atom. The van der Waals surface area contributed by atoms with Crippen molar-refractivity contribution >= 4 is 23.5 Å². The molecular formula is C33H42ClNO5. The number of hydrogen-bond donors (Lipinski definition) is 1. The summed E-state index contributed by atoms with van der Waals surface area (Å²) in [6, 6.07) is 2.20. The van der Waals surface area contributed by atoms with Gasteiger partial charge in [0.2, 0.25) is 5.91 Å². The van der Waals surface area contributed by atoms with Crippen LogP contribution in [0.15, 0.2) is 6.07 Å². The number of carboxylic acid groups (broad SMARTS) is 1. The van der Waals surface area contributed by atoms with Crippen LogP contribution in [0.3, 0.4) is 0 Å². The predicted molar refractivity (Wildman–Crippen MR) is 157 cm³/mol. The maximum absolute atomic E-state index is 13.5. The Bertz CT molecular complexity index is 1350. The number of aliphatic carboxylic acids is 1. The molecular weight excluding hydrogens is 526 g/mol. The number of nitrogens with zero attached hydrogens (tertiary/aromatic N) is 1. The lowest BCUT2D eigenvalue weighted by molar-refractivity contribution is -0.160. The van der Waals surface area contributed by atoms with Crippen molar-refractivity contribution < 1.29 is 24.2 Å². The molecule has 0 bridgehead atoms. The van der Waals surface area contributed by atoms with Crippen molar-refractivity contribution in [2.24, 2.45) is 0 Å². The monoisotopic (exact) mass is 567 g/mol. The van der Waals surface area contributed by atoms with Gasteiger partial charge in [0.1, 0.15) is 5.75 Å². The van der Waals surface area contributed by atoms with E-state index in [2.05, 4.69) is 18.7 Å². The van der Waals surface area contributed by atoms with Crippen LogP contribution in [0.4, 0.5) is 0 Å². The number of ether oxygens (including phenoxy) is 2. The van der Waals surface area contributed by atoms with Gasteiger partial charge >= 0.3 is 5.97 Å². The van der Waals surface area contributed by atoms with E-state index in [4.69, 9.17) is 21.1 Å². The van der Waals surface area contributed by atoms with Crippen LogP contribution in [0.5, 0.6) is 5.75 Å². The number of hydrogen-bond acceptors (Lipinski definition) is 4. The van der Waals surface area contributed by atoms with Crippen molar-refractivity contribution in [3.05, 3.63) is 50.0 Å². The van der Waals surface area contributed by atoms with Crippen LogP contribution in [0.1, 0.15) is 104 Å². The first-order valence-electron chi connectivity index (χ1n) is 14.7. The van der Waals surface area contributed by atoms with E-state index in [0.717, 1.165) is 88.8 Å². The van der Waals surface area contributed by atoms with Crippen molar-refractivity contribution in [1.82, 2.24) is 4.90 Å². The number of amides is 1. The SMILES string of the molecule is Cc1c(-c2c(C)c3c(c(C)c2C(OC(C)(C)C)C(=O)O)CC(=O)N(C2CCCCC2)C3)cc(Cl)c2c1CCCO2. The molecule has 0 aromatic heterocycles. The number of carbonyl (C=O) groups is 2. The van der Waals surface area contributed by atoms with E-state index in [-0.39, 0.29) is 18.4 Å². The number of carbonyl (C=O) groups excluding carboxylic acids is 1. The summed E-state index contributed by atoms with van der Waals surface area (Å²) in [6.07, 6.45) is 6.48. The molecule has 0 saturated heterocycles. The van der Waals surface area contributed by atoms with Gasteiger partial charge < -0.3 is 19.5 Å². The van der Waals surface area contributed by atoms with Gasteiger partial charge in [-0.2, -0.15) is 0 Å². The van der Waals surface area contributed by atoms with Crippen LogP contribution in [-0.4, -0.2) is 40.1 Å². The quantitative estimate of drug-likeness (QED) is 0.407. The summed E-state index contributed by atoms with van der Waals surface area (Å²) in [5.74, 6) is -0.179. The summed E-state index contributed by atoms with van der Waals surface area (Å²) in [7, 11) is 0. The summed E-state index contributed by atoms with van der Waals surface area (Å²) in [6.45, 7) is 12.9. The molecule has 1 N–H and O–H groups in total. The molecule has 3 aliphatic rings. The Balaban J connectivity index is 1.77. The second-order valence-corrected chi connectivity index (χ2v) is 13.1. The van der Waals surface area contributed by atoms with Crippen molar-refractivity contribution in [2.45, 2.75) is 117 Å². The lowest BCUT2D eigenvalue weighted by atomic mass is 9.78. The van der Waals surface area contributed by atoms with E-state index >= 15 is 0 Å². The van der Waals surface area contributed by atoms with Gasteiger partial charge in [0, 0.05) is 18.2 Å². The minimum Gasteiger partial charge on any atom is -0.492 e. The van der Waals surface area contributed by atoms with Crippen LogP contribution < -0.4 is 4.74 Å². The van der Waals surface area contributed by atoms with Gasteiger partial charge in [0.25, 0.3) is 0 Å². The van der Waals surface area contributed by atoms with Crippen molar-refractivity contribution in [3.8, 4) is 16.9 Å². The highest BCUT2D eigenvalue weighted by Crippen LogP contribution is 2.47. The van der Waals surface area contributed by atoms with Gasteiger partial charge in [0.15, 0.2) is 6.10 Å². The first-order chi connectivity index (χ1) is 18.9. The average molecular weight is 568 g/mol. The largest absolute Gasteiger partial charge is 0.492 e. The van der Waals surface area contributed by atoms with E-state index in [1.165, 1.54) is 6.42 Å². The highest BCUT2D eigenvalue weighted by Gasteiger charge is 2.38. The molecule has 2 aromatic carbocycles. The van der Waals surface area contributed by atoms with E-state index in [1.807, 2.05) is 33.8 Å². The van der Waals surface area contributed by atoms with Gasteiger partial charge in [-0.1, -0.05) is 30.9 Å². The minimum atomic E-state index is -1.20. The first kappa shape index (κ1) is 28.9. The smallest absolute Gasteiger partial charge is 0.337 e. The average Bonchev–Trinajstić information content (AvgIpc) is 2.91. The zero-order chi connectivity index (χ0) is 28.9. The highest BCUT2D eigenvalue weighted by atomic mass is 35.5. The Labute approximate surface area is 243 Å². The molecule has 2 aromatic rings. The minimum absolute atomic E-state index is 0.134.